The molecule has 2 aromatic carbocycles. The number of hydrogen-bond acceptors (Lipinski definition) is 6. The first-order valence-corrected chi connectivity index (χ1v) is 13.7. The van der Waals surface area contributed by atoms with E-state index in [-0.39, 0.29) is 22.9 Å². The van der Waals surface area contributed by atoms with Gasteiger partial charge in [0.25, 0.3) is 11.5 Å². The largest absolute Gasteiger partial charge is 0.350 e. The molecule has 0 aliphatic carbocycles. The minimum atomic E-state index is -3.54. The van der Waals surface area contributed by atoms with Crippen molar-refractivity contribution in [2.45, 2.75) is 37.2 Å². The van der Waals surface area contributed by atoms with Gasteiger partial charge in [0, 0.05) is 25.2 Å². The maximum Gasteiger partial charge on any atom is 0.264 e. The number of carbonyl (C=O) groups excluding carboxylic acids is 1. The van der Waals surface area contributed by atoms with Gasteiger partial charge in [-0.1, -0.05) is 36.8 Å². The van der Waals surface area contributed by atoms with Crippen LogP contribution in [-0.2, 0) is 23.1 Å². The van der Waals surface area contributed by atoms with Gasteiger partial charge in [0.15, 0.2) is 5.65 Å². The third-order valence-corrected chi connectivity index (χ3v) is 8.41. The van der Waals surface area contributed by atoms with E-state index in [2.05, 4.69) is 15.4 Å². The maximum atomic E-state index is 12.9. The summed E-state index contributed by atoms with van der Waals surface area (Å²) in [5.41, 5.74) is 1.64. The minimum absolute atomic E-state index is 0.177. The Morgan fingerprint density at radius 3 is 2.43 bits per heavy atom. The Balaban J connectivity index is 1.20. The molecular formula is C26H28N6O4S. The van der Waals surface area contributed by atoms with Gasteiger partial charge in [-0.15, -0.1) is 0 Å². The quantitative estimate of drug-likeness (QED) is 0.381. The van der Waals surface area contributed by atoms with Crippen molar-refractivity contribution in [3.8, 4) is 0 Å². The number of nitrogens with one attached hydrogen (secondary N) is 1. The molecule has 0 radical (unpaired) electrons. The summed E-state index contributed by atoms with van der Waals surface area (Å²) in [4.78, 5) is 30.1. The predicted molar refractivity (Wildman–Crippen MR) is 139 cm³/mol. The zero-order valence-electron chi connectivity index (χ0n) is 20.3. The molecule has 1 aliphatic heterocycles. The van der Waals surface area contributed by atoms with Crippen molar-refractivity contribution >= 4 is 27.0 Å². The Labute approximate surface area is 214 Å². The molecule has 1 N–H and O–H groups in total. The zero-order valence-corrected chi connectivity index (χ0v) is 21.1. The molecule has 10 nitrogen and oxygen atoms in total. The predicted octanol–water partition coefficient (Wildman–Crippen LogP) is 2.25. The Morgan fingerprint density at radius 1 is 0.973 bits per heavy atom. The van der Waals surface area contributed by atoms with Crippen LogP contribution in [0.3, 0.4) is 0 Å². The first kappa shape index (κ1) is 24.8. The van der Waals surface area contributed by atoms with Crippen molar-refractivity contribution < 1.29 is 13.2 Å². The van der Waals surface area contributed by atoms with Gasteiger partial charge in [-0.05, 0) is 42.7 Å². The summed E-state index contributed by atoms with van der Waals surface area (Å²) >= 11 is 0. The Hall–Kier alpha value is -3.83. The fraction of sp³-hybridized carbons (Fsp3) is 0.308. The SMILES string of the molecule is O=C(NCCn1ncc2c(=O)n(Cc3ccccc3)cnc21)c1ccc(S(=O)(=O)N2CCCCC2)cc1. The van der Waals surface area contributed by atoms with E-state index < -0.39 is 10.0 Å². The van der Waals surface area contributed by atoms with E-state index >= 15 is 0 Å². The van der Waals surface area contributed by atoms with Crippen molar-refractivity contribution in [2.24, 2.45) is 0 Å². The zero-order chi connectivity index (χ0) is 25.8. The van der Waals surface area contributed by atoms with Crippen LogP contribution in [0.1, 0.15) is 35.2 Å². The van der Waals surface area contributed by atoms with Gasteiger partial charge < -0.3 is 5.32 Å². The standard InChI is InChI=1S/C26H28N6O4S/c33-25(21-9-11-22(12-10-21)37(35,36)31-14-5-2-6-15-31)27-13-16-32-24-23(17-29-32)26(34)30(19-28-24)18-20-7-3-1-4-8-20/h1,3-4,7-12,17,19H,2,5-6,13-16,18H2,(H,27,33). The van der Waals surface area contributed by atoms with Crippen LogP contribution < -0.4 is 10.9 Å². The van der Waals surface area contributed by atoms with Crippen LogP contribution in [0.2, 0.25) is 0 Å². The van der Waals surface area contributed by atoms with Crippen molar-refractivity contribution in [3.63, 3.8) is 0 Å². The lowest BCUT2D eigenvalue weighted by Crippen LogP contribution is -2.35. The minimum Gasteiger partial charge on any atom is -0.350 e. The molecule has 0 atom stereocenters. The average Bonchev–Trinajstić information content (AvgIpc) is 3.35. The average molecular weight is 521 g/mol. The molecule has 0 unspecified atom stereocenters. The fourth-order valence-electron chi connectivity index (χ4n) is 4.46. The summed E-state index contributed by atoms with van der Waals surface area (Å²) < 4.78 is 30.2. The van der Waals surface area contributed by atoms with E-state index in [1.165, 1.54) is 41.1 Å². The molecule has 1 aliphatic rings. The number of rotatable bonds is 8. The molecule has 5 rings (SSSR count). The lowest BCUT2D eigenvalue weighted by Gasteiger charge is -2.25. The highest BCUT2D eigenvalue weighted by molar-refractivity contribution is 7.89. The van der Waals surface area contributed by atoms with Gasteiger partial charge in [0.05, 0.1) is 24.2 Å². The number of amides is 1. The highest BCUT2D eigenvalue weighted by atomic mass is 32.2. The van der Waals surface area contributed by atoms with Crippen molar-refractivity contribution in [2.75, 3.05) is 19.6 Å². The molecule has 4 aromatic rings. The maximum absolute atomic E-state index is 12.9. The normalized spacial score (nSPS) is 14.6. The molecule has 37 heavy (non-hydrogen) atoms. The number of carbonyl (C=O) groups is 1. The number of hydrogen-bond donors (Lipinski definition) is 1. The lowest BCUT2D eigenvalue weighted by atomic mass is 10.2. The summed E-state index contributed by atoms with van der Waals surface area (Å²) in [6.45, 7) is 2.07. The summed E-state index contributed by atoms with van der Waals surface area (Å²) in [5.74, 6) is -0.323. The van der Waals surface area contributed by atoms with Crippen molar-refractivity contribution in [1.82, 2.24) is 29.0 Å². The van der Waals surface area contributed by atoms with Crippen LogP contribution in [0, 0.1) is 0 Å². The van der Waals surface area contributed by atoms with Gasteiger partial charge in [-0.2, -0.15) is 9.40 Å². The summed E-state index contributed by atoms with van der Waals surface area (Å²) in [6.07, 6.45) is 5.78. The first-order valence-electron chi connectivity index (χ1n) is 12.3. The van der Waals surface area contributed by atoms with Gasteiger partial charge >= 0.3 is 0 Å². The summed E-state index contributed by atoms with van der Waals surface area (Å²) in [6, 6.07) is 15.7. The second-order valence-electron chi connectivity index (χ2n) is 9.01. The third kappa shape index (κ3) is 5.32. The Kier molecular flexibility index (Phi) is 7.15. The van der Waals surface area contributed by atoms with Crippen molar-refractivity contribution in [3.05, 3.63) is 88.6 Å². The van der Waals surface area contributed by atoms with Gasteiger partial charge in [-0.3, -0.25) is 14.2 Å². The Bertz CT molecular complexity index is 1560. The van der Waals surface area contributed by atoms with Crippen molar-refractivity contribution in [1.29, 1.82) is 0 Å². The number of piperidine rings is 1. The molecule has 1 amide bonds. The van der Waals surface area contributed by atoms with E-state index in [4.69, 9.17) is 0 Å². The van der Waals surface area contributed by atoms with Crippen LogP contribution in [-0.4, -0.2) is 57.6 Å². The summed E-state index contributed by atoms with van der Waals surface area (Å²) in [5, 5.41) is 7.50. The molecule has 2 aromatic heterocycles. The van der Waals surface area contributed by atoms with Gasteiger partial charge in [0.1, 0.15) is 11.7 Å². The monoisotopic (exact) mass is 520 g/mol. The van der Waals surface area contributed by atoms with Crippen LogP contribution in [0.4, 0.5) is 0 Å². The van der Waals surface area contributed by atoms with Crippen LogP contribution in [0.5, 0.6) is 0 Å². The molecule has 192 valence electrons. The molecule has 1 saturated heterocycles. The van der Waals surface area contributed by atoms with Gasteiger partial charge in [0.2, 0.25) is 10.0 Å². The fourth-order valence-corrected chi connectivity index (χ4v) is 5.98. The molecule has 11 heteroatoms. The van der Waals surface area contributed by atoms with E-state index in [1.54, 1.807) is 9.25 Å². The molecule has 3 heterocycles. The topological polar surface area (TPSA) is 119 Å². The molecule has 1 fully saturated rings. The van der Waals surface area contributed by atoms with E-state index in [1.807, 2.05) is 30.3 Å². The summed E-state index contributed by atoms with van der Waals surface area (Å²) in [7, 11) is -3.54. The number of nitrogens with zero attached hydrogens (tertiary/aromatic N) is 5. The van der Waals surface area contributed by atoms with Gasteiger partial charge in [-0.25, -0.2) is 18.1 Å². The first-order chi connectivity index (χ1) is 17.9. The number of aromatic nitrogens is 4. The highest BCUT2D eigenvalue weighted by Crippen LogP contribution is 2.21. The second-order valence-corrected chi connectivity index (χ2v) is 11.0. The van der Waals surface area contributed by atoms with Crippen LogP contribution >= 0.6 is 0 Å². The second kappa shape index (κ2) is 10.7. The molecule has 0 saturated carbocycles. The number of benzene rings is 2. The number of sulfonamides is 1. The smallest absolute Gasteiger partial charge is 0.264 e. The third-order valence-electron chi connectivity index (χ3n) is 6.50. The van der Waals surface area contributed by atoms with Crippen LogP contribution in [0.15, 0.2) is 76.8 Å². The van der Waals surface area contributed by atoms with E-state index in [9.17, 15) is 18.0 Å². The lowest BCUT2D eigenvalue weighted by molar-refractivity contribution is 0.0952. The Morgan fingerprint density at radius 2 is 1.70 bits per heavy atom. The number of fused-ring (bicyclic) bond motifs is 1. The molecule has 0 bridgehead atoms. The molecular weight excluding hydrogens is 492 g/mol. The van der Waals surface area contributed by atoms with E-state index in [0.29, 0.717) is 42.8 Å². The highest BCUT2D eigenvalue weighted by Gasteiger charge is 2.26. The van der Waals surface area contributed by atoms with Crippen LogP contribution in [0.25, 0.3) is 11.0 Å². The van der Waals surface area contributed by atoms with E-state index in [0.717, 1.165) is 24.8 Å². The molecule has 0 spiro atoms.